The molecule has 0 atom stereocenters. The van der Waals surface area contributed by atoms with Crippen molar-refractivity contribution in [3.63, 3.8) is 0 Å². The molecule has 0 saturated carbocycles. The predicted octanol–water partition coefficient (Wildman–Crippen LogP) is 1.66. The number of hydrogen-bond acceptors (Lipinski definition) is 4. The van der Waals surface area contributed by atoms with Crippen molar-refractivity contribution >= 4 is 11.3 Å². The van der Waals surface area contributed by atoms with Crippen LogP contribution in [0.4, 0.5) is 0 Å². The molecule has 66 valence electrons. The van der Waals surface area contributed by atoms with Crippen LogP contribution in [0.25, 0.3) is 11.4 Å². The maximum absolute atomic E-state index is 5.47. The summed E-state index contributed by atoms with van der Waals surface area (Å²) in [6, 6.07) is 5.78. The fourth-order valence-electron chi connectivity index (χ4n) is 1.04. The van der Waals surface area contributed by atoms with Gasteiger partial charge in [-0.2, -0.15) is 0 Å². The van der Waals surface area contributed by atoms with Gasteiger partial charge in [-0.15, -0.1) is 11.3 Å². The Labute approximate surface area is 80.3 Å². The van der Waals surface area contributed by atoms with E-state index in [1.54, 1.807) is 17.5 Å². The smallest absolute Gasteiger partial charge is 0.107 e. The molecule has 0 spiro atoms. The highest BCUT2D eigenvalue weighted by molar-refractivity contribution is 7.09. The van der Waals surface area contributed by atoms with E-state index in [0.717, 1.165) is 16.4 Å². The Morgan fingerprint density at radius 2 is 2.23 bits per heavy atom. The summed E-state index contributed by atoms with van der Waals surface area (Å²) >= 11 is 1.57. The topological polar surface area (TPSA) is 51.8 Å². The van der Waals surface area contributed by atoms with Crippen molar-refractivity contribution in [1.29, 1.82) is 0 Å². The van der Waals surface area contributed by atoms with E-state index < -0.39 is 0 Å². The summed E-state index contributed by atoms with van der Waals surface area (Å²) in [7, 11) is 0. The van der Waals surface area contributed by atoms with Crippen LogP contribution >= 0.6 is 11.3 Å². The Bertz CT molecular complexity index is 383. The fourth-order valence-corrected chi connectivity index (χ4v) is 1.70. The summed E-state index contributed by atoms with van der Waals surface area (Å²) in [5, 5.41) is 2.92. The van der Waals surface area contributed by atoms with Gasteiger partial charge in [-0.25, -0.2) is 4.98 Å². The molecule has 0 saturated heterocycles. The molecule has 2 aromatic heterocycles. The number of rotatable bonds is 2. The summed E-state index contributed by atoms with van der Waals surface area (Å²) in [6.45, 7) is 0.498. The standard InChI is InChI=1S/C9H9N3S/c10-5-9-12-8(6-13-9)7-3-1-2-4-11-7/h1-4,6H,5,10H2. The molecule has 13 heavy (non-hydrogen) atoms. The van der Waals surface area contributed by atoms with E-state index >= 15 is 0 Å². The summed E-state index contributed by atoms with van der Waals surface area (Å²) in [6.07, 6.45) is 1.76. The SMILES string of the molecule is NCc1nc(-c2ccccn2)cs1. The highest BCUT2D eigenvalue weighted by Gasteiger charge is 2.02. The first-order valence-corrected chi connectivity index (χ1v) is 4.84. The van der Waals surface area contributed by atoms with Gasteiger partial charge in [-0.3, -0.25) is 4.98 Å². The molecular formula is C9H9N3S. The lowest BCUT2D eigenvalue weighted by molar-refractivity contribution is 1.04. The van der Waals surface area contributed by atoms with Crippen LogP contribution in [-0.4, -0.2) is 9.97 Å². The molecule has 2 N–H and O–H groups in total. The van der Waals surface area contributed by atoms with Gasteiger partial charge < -0.3 is 5.73 Å². The molecule has 0 aliphatic rings. The van der Waals surface area contributed by atoms with Crippen LogP contribution in [-0.2, 0) is 6.54 Å². The van der Waals surface area contributed by atoms with Gasteiger partial charge in [0, 0.05) is 18.1 Å². The third-order valence-corrected chi connectivity index (χ3v) is 2.52. The summed E-state index contributed by atoms with van der Waals surface area (Å²) in [5.41, 5.74) is 7.28. The van der Waals surface area contributed by atoms with E-state index in [1.807, 2.05) is 23.6 Å². The van der Waals surface area contributed by atoms with Crippen LogP contribution in [0.2, 0.25) is 0 Å². The minimum Gasteiger partial charge on any atom is -0.325 e. The van der Waals surface area contributed by atoms with Gasteiger partial charge >= 0.3 is 0 Å². The molecule has 0 aliphatic heterocycles. The summed E-state index contributed by atoms with van der Waals surface area (Å²) in [4.78, 5) is 8.53. The van der Waals surface area contributed by atoms with Crippen molar-refractivity contribution in [3.05, 3.63) is 34.8 Å². The fraction of sp³-hybridized carbons (Fsp3) is 0.111. The molecule has 3 nitrogen and oxygen atoms in total. The van der Waals surface area contributed by atoms with Crippen LogP contribution < -0.4 is 5.73 Å². The van der Waals surface area contributed by atoms with Gasteiger partial charge in [0.25, 0.3) is 0 Å². The quantitative estimate of drug-likeness (QED) is 0.785. The number of aromatic nitrogens is 2. The molecule has 0 unspecified atom stereocenters. The van der Waals surface area contributed by atoms with Crippen LogP contribution in [0.5, 0.6) is 0 Å². The molecule has 0 aliphatic carbocycles. The van der Waals surface area contributed by atoms with Gasteiger partial charge in [-0.05, 0) is 12.1 Å². The second kappa shape index (κ2) is 3.64. The van der Waals surface area contributed by atoms with Gasteiger partial charge in [0.05, 0.1) is 11.4 Å². The lowest BCUT2D eigenvalue weighted by Gasteiger charge is -1.92. The molecule has 0 radical (unpaired) electrons. The molecule has 0 aromatic carbocycles. The van der Waals surface area contributed by atoms with Crippen molar-refractivity contribution in [2.24, 2.45) is 5.73 Å². The van der Waals surface area contributed by atoms with E-state index in [-0.39, 0.29) is 0 Å². The lowest BCUT2D eigenvalue weighted by atomic mass is 10.3. The Kier molecular flexibility index (Phi) is 2.33. The maximum atomic E-state index is 5.47. The van der Waals surface area contributed by atoms with Gasteiger partial charge in [0.1, 0.15) is 5.01 Å². The van der Waals surface area contributed by atoms with Gasteiger partial charge in [-0.1, -0.05) is 6.07 Å². The van der Waals surface area contributed by atoms with Gasteiger partial charge in [0.15, 0.2) is 0 Å². The molecule has 0 amide bonds. The second-order valence-electron chi connectivity index (χ2n) is 2.55. The first-order chi connectivity index (χ1) is 6.40. The van der Waals surface area contributed by atoms with Crippen molar-refractivity contribution in [1.82, 2.24) is 9.97 Å². The molecule has 0 fully saturated rings. The molecular weight excluding hydrogens is 182 g/mol. The van der Waals surface area contributed by atoms with E-state index in [2.05, 4.69) is 9.97 Å². The average Bonchev–Trinajstić information content (AvgIpc) is 2.67. The van der Waals surface area contributed by atoms with Crippen LogP contribution in [0, 0.1) is 0 Å². The van der Waals surface area contributed by atoms with Gasteiger partial charge in [0.2, 0.25) is 0 Å². The third kappa shape index (κ3) is 1.74. The second-order valence-corrected chi connectivity index (χ2v) is 3.49. The highest BCUT2D eigenvalue weighted by atomic mass is 32.1. The molecule has 2 heterocycles. The Morgan fingerprint density at radius 1 is 1.31 bits per heavy atom. The lowest BCUT2D eigenvalue weighted by Crippen LogP contribution is -1.94. The summed E-state index contributed by atoms with van der Waals surface area (Å²) in [5.74, 6) is 0. The number of nitrogens with two attached hydrogens (primary N) is 1. The zero-order valence-electron chi connectivity index (χ0n) is 6.97. The van der Waals surface area contributed by atoms with Crippen LogP contribution in [0.1, 0.15) is 5.01 Å². The largest absolute Gasteiger partial charge is 0.325 e. The van der Waals surface area contributed by atoms with Crippen molar-refractivity contribution in [2.75, 3.05) is 0 Å². The van der Waals surface area contributed by atoms with E-state index in [4.69, 9.17) is 5.73 Å². The van der Waals surface area contributed by atoms with E-state index in [1.165, 1.54) is 0 Å². The number of thiazole rings is 1. The Balaban J connectivity index is 2.36. The number of nitrogens with zero attached hydrogens (tertiary/aromatic N) is 2. The first kappa shape index (κ1) is 8.34. The number of hydrogen-bond donors (Lipinski definition) is 1. The highest BCUT2D eigenvalue weighted by Crippen LogP contribution is 2.18. The first-order valence-electron chi connectivity index (χ1n) is 3.96. The molecule has 2 rings (SSSR count). The Morgan fingerprint density at radius 3 is 2.85 bits per heavy atom. The maximum Gasteiger partial charge on any atom is 0.107 e. The van der Waals surface area contributed by atoms with E-state index in [9.17, 15) is 0 Å². The van der Waals surface area contributed by atoms with Crippen LogP contribution in [0.15, 0.2) is 29.8 Å². The van der Waals surface area contributed by atoms with Crippen molar-refractivity contribution in [3.8, 4) is 11.4 Å². The zero-order chi connectivity index (χ0) is 9.10. The minimum atomic E-state index is 0.498. The number of pyridine rings is 1. The predicted molar refractivity (Wildman–Crippen MR) is 53.2 cm³/mol. The minimum absolute atomic E-state index is 0.498. The average molecular weight is 191 g/mol. The monoisotopic (exact) mass is 191 g/mol. The van der Waals surface area contributed by atoms with Crippen LogP contribution in [0.3, 0.4) is 0 Å². The summed E-state index contributed by atoms with van der Waals surface area (Å²) < 4.78 is 0. The Hall–Kier alpha value is -1.26. The van der Waals surface area contributed by atoms with Crippen molar-refractivity contribution in [2.45, 2.75) is 6.54 Å². The van der Waals surface area contributed by atoms with Crippen molar-refractivity contribution < 1.29 is 0 Å². The molecule has 4 heteroatoms. The van der Waals surface area contributed by atoms with E-state index in [0.29, 0.717) is 6.54 Å². The normalized spacial score (nSPS) is 10.2. The zero-order valence-corrected chi connectivity index (χ0v) is 7.79. The third-order valence-electron chi connectivity index (χ3n) is 1.65. The molecule has 0 bridgehead atoms. The molecule has 2 aromatic rings.